The van der Waals surface area contributed by atoms with Gasteiger partial charge in [-0.25, -0.2) is 4.79 Å². The third-order valence-electron chi connectivity index (χ3n) is 9.16. The molecule has 1 saturated carbocycles. The Labute approximate surface area is 301 Å². The summed E-state index contributed by atoms with van der Waals surface area (Å²) in [6.45, 7) is 14.6. The lowest BCUT2D eigenvalue weighted by Gasteiger charge is -2.37. The van der Waals surface area contributed by atoms with Crippen LogP contribution in [0.4, 0.5) is 4.79 Å². The standard InChI is InChI=1S/C37H57N7O7/c1-21(2)24-18-19-44(34(50)30(36(3,4)5)41-35(51)42-37(6,7)8)28(24)31(47)40-26(23-16-17-23)29(46)32(48)38-20-25(45)39-27(33(49)43(9)10)22-14-12-11-13-15-22/h11-15,21,23-24,26-28,30H,16-20H2,1-10H3,(H,38,48)(H,39,45)(H,40,47)(H2,41,42,51)/t24-,26?,27+,28+,30-/m1/s1. The number of nitrogens with zero attached hydrogens (tertiary/aromatic N) is 2. The molecule has 282 valence electrons. The summed E-state index contributed by atoms with van der Waals surface area (Å²) in [5.41, 5.74) is -0.675. The second-order valence-corrected chi connectivity index (χ2v) is 16.3. The molecule has 1 aliphatic carbocycles. The summed E-state index contributed by atoms with van der Waals surface area (Å²) in [5, 5.41) is 13.4. The van der Waals surface area contributed by atoms with Crippen LogP contribution in [0.15, 0.2) is 30.3 Å². The van der Waals surface area contributed by atoms with Gasteiger partial charge in [-0.3, -0.25) is 28.8 Å². The highest BCUT2D eigenvalue weighted by molar-refractivity contribution is 6.38. The van der Waals surface area contributed by atoms with Gasteiger partial charge in [-0.1, -0.05) is 65.0 Å². The van der Waals surface area contributed by atoms with Crippen molar-refractivity contribution < 1.29 is 33.6 Å². The summed E-state index contributed by atoms with van der Waals surface area (Å²) in [6, 6.07) is 4.13. The van der Waals surface area contributed by atoms with Gasteiger partial charge < -0.3 is 36.4 Å². The molecule has 0 bridgehead atoms. The largest absolute Gasteiger partial charge is 0.347 e. The molecule has 14 heteroatoms. The van der Waals surface area contributed by atoms with Crippen molar-refractivity contribution >= 4 is 41.4 Å². The monoisotopic (exact) mass is 711 g/mol. The lowest BCUT2D eigenvalue weighted by Crippen LogP contribution is -2.62. The van der Waals surface area contributed by atoms with Crippen LogP contribution in [0.5, 0.6) is 0 Å². The predicted molar refractivity (Wildman–Crippen MR) is 192 cm³/mol. The Kier molecular flexibility index (Phi) is 13.4. The van der Waals surface area contributed by atoms with Gasteiger partial charge in [-0.2, -0.15) is 0 Å². The van der Waals surface area contributed by atoms with Crippen molar-refractivity contribution in [2.75, 3.05) is 27.2 Å². The first-order valence-electron chi connectivity index (χ1n) is 17.7. The second kappa shape index (κ2) is 16.7. The molecule has 0 spiro atoms. The van der Waals surface area contributed by atoms with Gasteiger partial charge in [0, 0.05) is 26.2 Å². The number of hydrogen-bond donors (Lipinski definition) is 5. The Morgan fingerprint density at radius 1 is 0.863 bits per heavy atom. The van der Waals surface area contributed by atoms with Crippen LogP contribution in [-0.2, 0) is 28.8 Å². The molecule has 1 aromatic rings. The van der Waals surface area contributed by atoms with Crippen LogP contribution in [0.1, 0.15) is 86.3 Å². The number of urea groups is 1. The van der Waals surface area contributed by atoms with E-state index in [1.165, 1.54) is 9.80 Å². The number of rotatable bonds is 13. The molecule has 2 fully saturated rings. The number of Topliss-reactive ketones (excluding diaryl/α,β-unsaturated/α-hetero) is 1. The number of likely N-dealkylation sites (N-methyl/N-ethyl adjacent to an activating group) is 1. The van der Waals surface area contributed by atoms with Crippen molar-refractivity contribution in [3.05, 3.63) is 35.9 Å². The van der Waals surface area contributed by atoms with Crippen LogP contribution in [0.25, 0.3) is 0 Å². The number of amides is 7. The Bertz CT molecular complexity index is 1460. The molecule has 1 unspecified atom stereocenters. The molecule has 7 amide bonds. The van der Waals surface area contributed by atoms with E-state index in [-0.39, 0.29) is 30.2 Å². The summed E-state index contributed by atoms with van der Waals surface area (Å²) < 4.78 is 0. The number of hydrogen-bond acceptors (Lipinski definition) is 7. The minimum absolute atomic E-state index is 0.0137. The third-order valence-corrected chi connectivity index (χ3v) is 9.16. The molecule has 1 heterocycles. The van der Waals surface area contributed by atoms with Crippen LogP contribution < -0.4 is 26.6 Å². The van der Waals surface area contributed by atoms with Crippen molar-refractivity contribution in [3.63, 3.8) is 0 Å². The fraction of sp³-hybridized carbons (Fsp3) is 0.649. The van der Waals surface area contributed by atoms with E-state index in [4.69, 9.17) is 0 Å². The van der Waals surface area contributed by atoms with Crippen LogP contribution >= 0.6 is 0 Å². The third kappa shape index (κ3) is 11.3. The first kappa shape index (κ1) is 40.9. The Morgan fingerprint density at radius 2 is 1.47 bits per heavy atom. The van der Waals surface area contributed by atoms with Gasteiger partial charge in [0.1, 0.15) is 24.2 Å². The lowest BCUT2D eigenvalue weighted by atomic mass is 9.84. The van der Waals surface area contributed by atoms with Gasteiger partial charge in [0.25, 0.3) is 5.91 Å². The number of benzene rings is 1. The molecule has 5 N–H and O–H groups in total. The molecule has 5 atom stereocenters. The van der Waals surface area contributed by atoms with Crippen molar-refractivity contribution in [2.24, 2.45) is 23.2 Å². The zero-order valence-electron chi connectivity index (χ0n) is 31.7. The van der Waals surface area contributed by atoms with Crippen molar-refractivity contribution in [1.29, 1.82) is 0 Å². The molecule has 14 nitrogen and oxygen atoms in total. The predicted octanol–water partition coefficient (Wildman–Crippen LogP) is 1.90. The average Bonchev–Trinajstić information content (AvgIpc) is 3.78. The van der Waals surface area contributed by atoms with Gasteiger partial charge in [0.05, 0.1) is 6.54 Å². The highest BCUT2D eigenvalue weighted by Gasteiger charge is 2.49. The number of carbonyl (C=O) groups excluding carboxylic acids is 7. The fourth-order valence-corrected chi connectivity index (χ4v) is 6.28. The van der Waals surface area contributed by atoms with E-state index in [9.17, 15) is 33.6 Å². The molecule has 0 aromatic heterocycles. The van der Waals surface area contributed by atoms with Crippen LogP contribution in [0, 0.1) is 23.2 Å². The van der Waals surface area contributed by atoms with E-state index in [1.54, 1.807) is 44.4 Å². The maximum atomic E-state index is 14.2. The Hall–Kier alpha value is -4.49. The van der Waals surface area contributed by atoms with E-state index in [1.807, 2.05) is 55.4 Å². The minimum atomic E-state index is -1.15. The van der Waals surface area contributed by atoms with Gasteiger partial charge >= 0.3 is 6.03 Å². The summed E-state index contributed by atoms with van der Waals surface area (Å²) in [7, 11) is 3.13. The molecule has 2 aliphatic rings. The van der Waals surface area contributed by atoms with E-state index in [2.05, 4.69) is 26.6 Å². The molecule has 1 aliphatic heterocycles. The number of ketones is 1. The topological polar surface area (TPSA) is 186 Å². The van der Waals surface area contributed by atoms with Gasteiger partial charge in [-0.15, -0.1) is 0 Å². The fourth-order valence-electron chi connectivity index (χ4n) is 6.28. The van der Waals surface area contributed by atoms with E-state index < -0.39 is 77.1 Å². The SMILES string of the molecule is CC(C)[C@H]1CCN(C(=O)[C@@H](NC(=O)NC(C)(C)C)C(C)(C)C)[C@@H]1C(=O)NC(C(=O)C(=O)NCC(=O)N[C@H](C(=O)N(C)C)c1ccccc1)C1CC1. The molecular formula is C37H57N7O7. The summed E-state index contributed by atoms with van der Waals surface area (Å²) in [5.74, 6) is -4.42. The summed E-state index contributed by atoms with van der Waals surface area (Å²) in [6.07, 6.45) is 1.79. The van der Waals surface area contributed by atoms with Crippen molar-refractivity contribution in [1.82, 2.24) is 36.4 Å². The van der Waals surface area contributed by atoms with Crippen LogP contribution in [0.3, 0.4) is 0 Å². The number of nitrogens with one attached hydrogen (secondary N) is 5. The quantitative estimate of drug-likeness (QED) is 0.194. The molecule has 1 saturated heterocycles. The smallest absolute Gasteiger partial charge is 0.315 e. The van der Waals surface area contributed by atoms with Crippen LogP contribution in [0.2, 0.25) is 0 Å². The summed E-state index contributed by atoms with van der Waals surface area (Å²) in [4.78, 5) is 96.2. The van der Waals surface area contributed by atoms with Gasteiger partial charge in [0.2, 0.25) is 29.4 Å². The molecule has 1 aromatic carbocycles. The van der Waals surface area contributed by atoms with E-state index >= 15 is 0 Å². The molecule has 0 radical (unpaired) electrons. The van der Waals surface area contributed by atoms with Gasteiger partial charge in [0.15, 0.2) is 0 Å². The first-order chi connectivity index (χ1) is 23.6. The zero-order valence-corrected chi connectivity index (χ0v) is 31.7. The van der Waals surface area contributed by atoms with E-state index in [0.29, 0.717) is 24.8 Å². The molecule has 3 rings (SSSR count). The second-order valence-electron chi connectivity index (χ2n) is 16.3. The maximum absolute atomic E-state index is 14.2. The number of carbonyl (C=O) groups is 7. The Balaban J connectivity index is 1.74. The molecular weight excluding hydrogens is 654 g/mol. The number of likely N-dealkylation sites (tertiary alicyclic amines) is 1. The molecule has 51 heavy (non-hydrogen) atoms. The van der Waals surface area contributed by atoms with Crippen molar-refractivity contribution in [3.8, 4) is 0 Å². The first-order valence-corrected chi connectivity index (χ1v) is 17.7. The average molecular weight is 712 g/mol. The zero-order chi connectivity index (χ0) is 38.4. The van der Waals surface area contributed by atoms with Crippen LogP contribution in [-0.4, -0.2) is 102 Å². The van der Waals surface area contributed by atoms with E-state index in [0.717, 1.165) is 0 Å². The highest BCUT2D eigenvalue weighted by Crippen LogP contribution is 2.36. The normalized spacial score (nSPS) is 19.3. The Morgan fingerprint density at radius 3 is 1.98 bits per heavy atom. The van der Waals surface area contributed by atoms with Crippen molar-refractivity contribution in [2.45, 2.75) is 104 Å². The maximum Gasteiger partial charge on any atom is 0.315 e. The highest BCUT2D eigenvalue weighted by atomic mass is 16.2. The summed E-state index contributed by atoms with van der Waals surface area (Å²) >= 11 is 0. The lowest BCUT2D eigenvalue weighted by molar-refractivity contribution is -0.145. The minimum Gasteiger partial charge on any atom is -0.347 e. The van der Waals surface area contributed by atoms with Gasteiger partial charge in [-0.05, 0) is 68.8 Å².